The molecule has 0 atom stereocenters. The molecular formula is C22H20ClN5O3. The number of fused-ring (bicyclic) bond motifs is 1. The van der Waals surface area contributed by atoms with E-state index in [0.29, 0.717) is 22.2 Å². The van der Waals surface area contributed by atoms with E-state index in [9.17, 15) is 9.59 Å². The third-order valence-electron chi connectivity index (χ3n) is 4.88. The first-order valence-corrected chi connectivity index (χ1v) is 9.85. The smallest absolute Gasteiger partial charge is 0.274 e. The molecule has 158 valence electrons. The minimum atomic E-state index is -0.503. The number of hydrogen-bond acceptors (Lipinski definition) is 4. The number of nitrogens with zero attached hydrogens (tertiary/aromatic N) is 1. The molecule has 0 unspecified atom stereocenters. The summed E-state index contributed by atoms with van der Waals surface area (Å²) in [6.07, 6.45) is 0. The van der Waals surface area contributed by atoms with E-state index < -0.39 is 11.8 Å². The lowest BCUT2D eigenvalue weighted by Gasteiger charge is -2.10. The van der Waals surface area contributed by atoms with E-state index in [1.807, 2.05) is 25.1 Å². The highest BCUT2D eigenvalue weighted by Gasteiger charge is 2.23. The predicted molar refractivity (Wildman–Crippen MR) is 120 cm³/mol. The highest BCUT2D eigenvalue weighted by Crippen LogP contribution is 2.30. The summed E-state index contributed by atoms with van der Waals surface area (Å²) in [7, 11) is 1.52. The zero-order chi connectivity index (χ0) is 22.1. The molecule has 8 nitrogen and oxygen atoms in total. The molecule has 0 aliphatic heterocycles. The Morgan fingerprint density at radius 1 is 1.06 bits per heavy atom. The van der Waals surface area contributed by atoms with E-state index in [1.54, 1.807) is 31.2 Å². The Labute approximate surface area is 182 Å². The maximum atomic E-state index is 12.9. The van der Waals surface area contributed by atoms with Crippen LogP contribution in [0.5, 0.6) is 5.75 Å². The lowest BCUT2D eigenvalue weighted by molar-refractivity contribution is 0.102. The number of H-pyrrole nitrogens is 2. The molecule has 9 heteroatoms. The summed E-state index contributed by atoms with van der Waals surface area (Å²) in [6, 6.07) is 12.7. The Hall–Kier alpha value is -3.78. The molecule has 4 aromatic rings. The maximum Gasteiger partial charge on any atom is 0.274 e. The number of anilines is 2. The van der Waals surface area contributed by atoms with Crippen molar-refractivity contribution < 1.29 is 14.3 Å². The first kappa shape index (κ1) is 20.5. The molecule has 2 amide bonds. The molecule has 2 aromatic heterocycles. The van der Waals surface area contributed by atoms with Crippen LogP contribution in [0.1, 0.15) is 32.1 Å². The summed E-state index contributed by atoms with van der Waals surface area (Å²) in [4.78, 5) is 28.9. The Kier molecular flexibility index (Phi) is 5.39. The monoisotopic (exact) mass is 437 g/mol. The molecule has 31 heavy (non-hydrogen) atoms. The van der Waals surface area contributed by atoms with Crippen molar-refractivity contribution in [1.82, 2.24) is 15.2 Å². The molecule has 0 saturated heterocycles. The van der Waals surface area contributed by atoms with Crippen LogP contribution in [0.15, 0.2) is 42.5 Å². The number of benzene rings is 2. The molecule has 4 N–H and O–H groups in total. The van der Waals surface area contributed by atoms with Crippen molar-refractivity contribution in [3.8, 4) is 5.75 Å². The molecule has 4 rings (SSSR count). The van der Waals surface area contributed by atoms with Crippen LogP contribution in [0.4, 0.5) is 11.5 Å². The van der Waals surface area contributed by atoms with E-state index >= 15 is 0 Å². The third-order valence-corrected chi connectivity index (χ3v) is 5.27. The van der Waals surface area contributed by atoms with Gasteiger partial charge in [0.05, 0.1) is 17.8 Å². The quantitative estimate of drug-likeness (QED) is 0.363. The Bertz CT molecular complexity index is 1310. The van der Waals surface area contributed by atoms with Crippen molar-refractivity contribution in [2.45, 2.75) is 13.8 Å². The number of aromatic nitrogens is 3. The molecule has 0 aliphatic carbocycles. The minimum absolute atomic E-state index is 0.0980. The van der Waals surface area contributed by atoms with Crippen LogP contribution in [0.25, 0.3) is 10.9 Å². The average Bonchev–Trinajstić information content (AvgIpc) is 3.28. The fraction of sp³-hybridized carbons (Fsp3) is 0.136. The molecule has 0 spiro atoms. The summed E-state index contributed by atoms with van der Waals surface area (Å²) in [5, 5.41) is 13.3. The molecular weight excluding hydrogens is 418 g/mol. The zero-order valence-corrected chi connectivity index (χ0v) is 17.8. The van der Waals surface area contributed by atoms with Gasteiger partial charge in [-0.15, -0.1) is 0 Å². The minimum Gasteiger partial charge on any atom is -0.495 e. The van der Waals surface area contributed by atoms with Crippen molar-refractivity contribution in [3.05, 3.63) is 70.0 Å². The van der Waals surface area contributed by atoms with E-state index in [1.165, 1.54) is 7.11 Å². The number of rotatable bonds is 5. The molecule has 0 saturated carbocycles. The van der Waals surface area contributed by atoms with E-state index in [2.05, 4.69) is 25.8 Å². The Morgan fingerprint density at radius 3 is 2.61 bits per heavy atom. The standard InChI is InChI=1S/C22H20ClN5O3/c1-11-8-9-14-13(10-11)18(23)19(24-14)22(30)26-20-17(12(2)27-28-20)21(29)25-15-6-4-5-7-16(15)31-3/h4-10,24H,1-3H3,(H,25,29)(H2,26,27,28,30). The van der Waals surface area contributed by atoms with Crippen LogP contribution in [-0.4, -0.2) is 34.1 Å². The van der Waals surface area contributed by atoms with Gasteiger partial charge < -0.3 is 20.4 Å². The van der Waals surface area contributed by atoms with Gasteiger partial charge in [-0.25, -0.2) is 0 Å². The van der Waals surface area contributed by atoms with Gasteiger partial charge in [0.1, 0.15) is 17.0 Å². The molecule has 0 aliphatic rings. The number of nitrogens with one attached hydrogen (secondary N) is 4. The number of methoxy groups -OCH3 is 1. The number of ether oxygens (including phenoxy) is 1. The molecule has 2 aromatic carbocycles. The topological polar surface area (TPSA) is 112 Å². The van der Waals surface area contributed by atoms with Crippen LogP contribution >= 0.6 is 11.6 Å². The van der Waals surface area contributed by atoms with Gasteiger partial charge in [-0.1, -0.05) is 35.4 Å². The molecule has 0 radical (unpaired) electrons. The van der Waals surface area contributed by atoms with Crippen LogP contribution in [0.3, 0.4) is 0 Å². The summed E-state index contributed by atoms with van der Waals surface area (Å²) in [5.41, 5.74) is 3.18. The second-order valence-electron chi connectivity index (χ2n) is 7.04. The predicted octanol–water partition coefficient (Wildman–Crippen LogP) is 4.67. The second-order valence-corrected chi connectivity index (χ2v) is 7.42. The number of aromatic amines is 2. The first-order valence-electron chi connectivity index (χ1n) is 9.47. The number of amides is 2. The van der Waals surface area contributed by atoms with E-state index in [-0.39, 0.29) is 17.1 Å². The zero-order valence-electron chi connectivity index (χ0n) is 17.1. The molecule has 2 heterocycles. The van der Waals surface area contributed by atoms with Crippen LogP contribution in [0, 0.1) is 13.8 Å². The summed E-state index contributed by atoms with van der Waals surface area (Å²) in [6.45, 7) is 3.64. The van der Waals surface area contributed by atoms with Crippen molar-refractivity contribution in [2.75, 3.05) is 17.7 Å². The van der Waals surface area contributed by atoms with Crippen LogP contribution < -0.4 is 15.4 Å². The van der Waals surface area contributed by atoms with Gasteiger partial charge >= 0.3 is 0 Å². The molecule has 0 bridgehead atoms. The number of para-hydroxylation sites is 2. The third kappa shape index (κ3) is 3.85. The van der Waals surface area contributed by atoms with Crippen LogP contribution in [-0.2, 0) is 0 Å². The number of hydrogen-bond donors (Lipinski definition) is 4. The van der Waals surface area contributed by atoms with Crippen molar-refractivity contribution in [3.63, 3.8) is 0 Å². The van der Waals surface area contributed by atoms with Gasteiger partial charge in [-0.3, -0.25) is 14.7 Å². The van der Waals surface area contributed by atoms with Gasteiger partial charge in [0.2, 0.25) is 0 Å². The van der Waals surface area contributed by atoms with Gasteiger partial charge in [-0.2, -0.15) is 5.10 Å². The van der Waals surface area contributed by atoms with E-state index in [0.717, 1.165) is 16.5 Å². The number of carbonyl (C=O) groups excluding carboxylic acids is 2. The largest absolute Gasteiger partial charge is 0.495 e. The van der Waals surface area contributed by atoms with Crippen molar-refractivity contribution >= 4 is 45.8 Å². The lowest BCUT2D eigenvalue weighted by Crippen LogP contribution is -2.19. The fourth-order valence-corrected chi connectivity index (χ4v) is 3.62. The highest BCUT2D eigenvalue weighted by molar-refractivity contribution is 6.39. The highest BCUT2D eigenvalue weighted by atomic mass is 35.5. The van der Waals surface area contributed by atoms with Gasteiger partial charge in [0, 0.05) is 16.6 Å². The van der Waals surface area contributed by atoms with Crippen molar-refractivity contribution in [2.24, 2.45) is 0 Å². The summed E-state index contributed by atoms with van der Waals surface area (Å²) >= 11 is 6.42. The van der Waals surface area contributed by atoms with Gasteiger partial charge in [-0.05, 0) is 38.1 Å². The van der Waals surface area contributed by atoms with Crippen molar-refractivity contribution in [1.29, 1.82) is 0 Å². The van der Waals surface area contributed by atoms with Gasteiger partial charge in [0.25, 0.3) is 11.8 Å². The first-order chi connectivity index (χ1) is 14.9. The summed E-state index contributed by atoms with van der Waals surface area (Å²) in [5.74, 6) is -0.329. The SMILES string of the molecule is COc1ccccc1NC(=O)c1c(NC(=O)c2[nH]c3ccc(C)cc3c2Cl)n[nH]c1C. The lowest BCUT2D eigenvalue weighted by atomic mass is 10.2. The summed E-state index contributed by atoms with van der Waals surface area (Å²) < 4.78 is 5.27. The maximum absolute atomic E-state index is 12.9. The Balaban J connectivity index is 1.61. The number of carbonyl (C=O) groups is 2. The second kappa shape index (κ2) is 8.16. The van der Waals surface area contributed by atoms with E-state index in [4.69, 9.17) is 16.3 Å². The normalized spacial score (nSPS) is 10.8. The van der Waals surface area contributed by atoms with Gasteiger partial charge in [0.15, 0.2) is 5.82 Å². The molecule has 0 fully saturated rings. The Morgan fingerprint density at radius 2 is 1.84 bits per heavy atom. The van der Waals surface area contributed by atoms with Crippen LogP contribution in [0.2, 0.25) is 5.02 Å². The average molecular weight is 438 g/mol. The fourth-order valence-electron chi connectivity index (χ4n) is 3.33. The number of halogens is 1. The number of aryl methyl sites for hydroxylation is 2.